The minimum Gasteiger partial charge on any atom is -0.508 e. The molecule has 4 heteroatoms. The zero-order valence-corrected chi connectivity index (χ0v) is 11.0. The third kappa shape index (κ3) is 1.49. The number of fused-ring (bicyclic) bond motifs is 1. The van der Waals surface area contributed by atoms with Crippen molar-refractivity contribution in [3.05, 3.63) is 28.5 Å². The van der Waals surface area contributed by atoms with Crippen LogP contribution in [0.2, 0.25) is 0 Å². The van der Waals surface area contributed by atoms with Crippen molar-refractivity contribution in [3.8, 4) is 5.75 Å². The molecule has 96 valence electrons. The number of rotatable bonds is 2. The Hall–Kier alpha value is -1.97. The van der Waals surface area contributed by atoms with Crippen molar-refractivity contribution in [2.75, 3.05) is 0 Å². The highest BCUT2D eigenvalue weighted by Crippen LogP contribution is 2.34. The summed E-state index contributed by atoms with van der Waals surface area (Å²) in [6.07, 6.45) is 0.645. The van der Waals surface area contributed by atoms with Gasteiger partial charge in [0.1, 0.15) is 5.75 Å². The average molecular weight is 247 g/mol. The summed E-state index contributed by atoms with van der Waals surface area (Å²) in [5.74, 6) is -0.796. The Labute approximate surface area is 105 Å². The van der Waals surface area contributed by atoms with Gasteiger partial charge in [0.25, 0.3) is 0 Å². The minimum absolute atomic E-state index is 0.149. The van der Waals surface area contributed by atoms with E-state index in [1.807, 2.05) is 32.4 Å². The summed E-state index contributed by atoms with van der Waals surface area (Å²) in [5, 5.41) is 19.9. The molecule has 0 atom stereocenters. The summed E-state index contributed by atoms with van der Waals surface area (Å²) < 4.78 is 1.92. The van der Waals surface area contributed by atoms with Crippen LogP contribution in [0, 0.1) is 13.8 Å². The van der Waals surface area contributed by atoms with E-state index in [4.69, 9.17) is 0 Å². The zero-order chi connectivity index (χ0) is 13.6. The van der Waals surface area contributed by atoms with Gasteiger partial charge in [-0.1, -0.05) is 6.92 Å². The molecule has 2 N–H and O–H groups in total. The van der Waals surface area contributed by atoms with Crippen LogP contribution in [0.4, 0.5) is 0 Å². The Morgan fingerprint density at radius 2 is 1.94 bits per heavy atom. The summed E-state index contributed by atoms with van der Waals surface area (Å²) in [4.78, 5) is 11.4. The molecule has 0 aliphatic rings. The van der Waals surface area contributed by atoms with Gasteiger partial charge >= 0.3 is 5.97 Å². The molecule has 0 saturated heterocycles. The van der Waals surface area contributed by atoms with E-state index in [-0.39, 0.29) is 5.75 Å². The van der Waals surface area contributed by atoms with E-state index < -0.39 is 5.97 Å². The standard InChI is InChI=1S/C14H17NO3/c1-5-10-12(14(17)18)9-6-11(16)7(2)8(3)13(9)15(10)4/h6,16H,5H2,1-4H3,(H,17,18). The van der Waals surface area contributed by atoms with Gasteiger partial charge in [0.15, 0.2) is 0 Å². The van der Waals surface area contributed by atoms with Crippen molar-refractivity contribution in [2.45, 2.75) is 27.2 Å². The molecule has 1 heterocycles. The van der Waals surface area contributed by atoms with Gasteiger partial charge in [0.05, 0.1) is 11.1 Å². The Morgan fingerprint density at radius 1 is 1.33 bits per heavy atom. The largest absolute Gasteiger partial charge is 0.508 e. The van der Waals surface area contributed by atoms with E-state index in [2.05, 4.69) is 0 Å². The molecule has 0 radical (unpaired) electrons. The monoisotopic (exact) mass is 247 g/mol. The third-order valence-electron chi connectivity index (χ3n) is 3.69. The molecule has 0 aliphatic heterocycles. The van der Waals surface area contributed by atoms with Crippen LogP contribution in [0.15, 0.2) is 6.07 Å². The van der Waals surface area contributed by atoms with Gasteiger partial charge in [0, 0.05) is 18.1 Å². The number of phenolic OH excluding ortho intramolecular Hbond substituents is 1. The van der Waals surface area contributed by atoms with Crippen molar-refractivity contribution in [1.82, 2.24) is 4.57 Å². The smallest absolute Gasteiger partial charge is 0.338 e. The number of aromatic carboxylic acids is 1. The van der Waals surface area contributed by atoms with Crippen LogP contribution in [0.3, 0.4) is 0 Å². The van der Waals surface area contributed by atoms with E-state index in [0.29, 0.717) is 17.4 Å². The highest BCUT2D eigenvalue weighted by atomic mass is 16.4. The van der Waals surface area contributed by atoms with Crippen LogP contribution in [-0.2, 0) is 13.5 Å². The van der Waals surface area contributed by atoms with Crippen LogP contribution in [-0.4, -0.2) is 20.7 Å². The lowest BCUT2D eigenvalue weighted by Crippen LogP contribution is -2.02. The number of hydrogen-bond donors (Lipinski definition) is 2. The first kappa shape index (κ1) is 12.5. The maximum absolute atomic E-state index is 11.4. The molecule has 0 fully saturated rings. The molecule has 1 aromatic heterocycles. The lowest BCUT2D eigenvalue weighted by Gasteiger charge is -2.08. The number of aryl methyl sites for hydroxylation is 2. The van der Waals surface area contributed by atoms with Crippen LogP contribution < -0.4 is 0 Å². The van der Waals surface area contributed by atoms with Crippen molar-refractivity contribution >= 4 is 16.9 Å². The maximum Gasteiger partial charge on any atom is 0.338 e. The Morgan fingerprint density at radius 3 is 2.44 bits per heavy atom. The van der Waals surface area contributed by atoms with Crippen molar-refractivity contribution in [1.29, 1.82) is 0 Å². The van der Waals surface area contributed by atoms with E-state index in [9.17, 15) is 15.0 Å². The quantitative estimate of drug-likeness (QED) is 0.857. The van der Waals surface area contributed by atoms with Gasteiger partial charge in [-0.15, -0.1) is 0 Å². The lowest BCUT2D eigenvalue weighted by molar-refractivity contribution is 0.0697. The van der Waals surface area contributed by atoms with Crippen LogP contribution in [0.25, 0.3) is 10.9 Å². The molecule has 2 aromatic rings. The fourth-order valence-corrected chi connectivity index (χ4v) is 2.62. The summed E-state index contributed by atoms with van der Waals surface area (Å²) >= 11 is 0. The Kier molecular flexibility index (Phi) is 2.81. The first-order valence-corrected chi connectivity index (χ1v) is 5.93. The van der Waals surface area contributed by atoms with Crippen LogP contribution in [0.1, 0.15) is 34.1 Å². The number of benzene rings is 1. The molecule has 0 saturated carbocycles. The van der Waals surface area contributed by atoms with Crippen molar-refractivity contribution in [2.24, 2.45) is 7.05 Å². The number of aromatic nitrogens is 1. The number of carbonyl (C=O) groups is 1. The van der Waals surface area contributed by atoms with Crippen molar-refractivity contribution in [3.63, 3.8) is 0 Å². The molecule has 0 unspecified atom stereocenters. The van der Waals surface area contributed by atoms with E-state index in [1.165, 1.54) is 0 Å². The highest BCUT2D eigenvalue weighted by molar-refractivity contribution is 6.06. The maximum atomic E-state index is 11.4. The summed E-state index contributed by atoms with van der Waals surface area (Å²) in [6.45, 7) is 5.67. The van der Waals surface area contributed by atoms with Gasteiger partial charge in [-0.05, 0) is 37.5 Å². The Bertz CT molecular complexity index is 653. The second-order valence-corrected chi connectivity index (χ2v) is 4.58. The van der Waals surface area contributed by atoms with E-state index >= 15 is 0 Å². The van der Waals surface area contributed by atoms with Crippen LogP contribution >= 0.6 is 0 Å². The second kappa shape index (κ2) is 4.05. The normalized spacial score (nSPS) is 11.1. The topological polar surface area (TPSA) is 62.5 Å². The van der Waals surface area contributed by atoms with Gasteiger partial charge in [-0.25, -0.2) is 4.79 Å². The van der Waals surface area contributed by atoms with Gasteiger partial charge < -0.3 is 14.8 Å². The fourth-order valence-electron chi connectivity index (χ4n) is 2.62. The minimum atomic E-state index is -0.944. The number of phenols is 1. The third-order valence-corrected chi connectivity index (χ3v) is 3.69. The second-order valence-electron chi connectivity index (χ2n) is 4.58. The number of aromatic hydroxyl groups is 1. The molecule has 1 aromatic carbocycles. The molecule has 18 heavy (non-hydrogen) atoms. The van der Waals surface area contributed by atoms with Crippen LogP contribution in [0.5, 0.6) is 5.75 Å². The van der Waals surface area contributed by atoms with Gasteiger partial charge in [-0.2, -0.15) is 0 Å². The summed E-state index contributed by atoms with van der Waals surface area (Å²) in [6, 6.07) is 1.56. The van der Waals surface area contributed by atoms with E-state index in [0.717, 1.165) is 22.3 Å². The first-order valence-electron chi connectivity index (χ1n) is 5.93. The number of carboxylic acids is 1. The molecular weight excluding hydrogens is 230 g/mol. The molecular formula is C14H17NO3. The predicted molar refractivity (Wildman–Crippen MR) is 70.4 cm³/mol. The highest BCUT2D eigenvalue weighted by Gasteiger charge is 2.22. The Balaban J connectivity index is 3.05. The number of hydrogen-bond acceptors (Lipinski definition) is 2. The molecule has 0 spiro atoms. The van der Waals surface area contributed by atoms with Crippen molar-refractivity contribution < 1.29 is 15.0 Å². The SMILES string of the molecule is CCc1c(C(=O)O)c2cc(O)c(C)c(C)c2n1C. The van der Waals surface area contributed by atoms with Gasteiger partial charge in [-0.3, -0.25) is 0 Å². The average Bonchev–Trinajstić information content (AvgIpc) is 2.58. The summed E-state index contributed by atoms with van der Waals surface area (Å²) in [7, 11) is 1.87. The van der Waals surface area contributed by atoms with Gasteiger partial charge in [0.2, 0.25) is 0 Å². The number of carboxylic acid groups (broad SMARTS) is 1. The number of nitrogens with zero attached hydrogens (tertiary/aromatic N) is 1. The fraction of sp³-hybridized carbons (Fsp3) is 0.357. The predicted octanol–water partition coefficient (Wildman–Crippen LogP) is 2.76. The first-order chi connectivity index (χ1) is 8.40. The molecule has 4 nitrogen and oxygen atoms in total. The molecule has 2 rings (SSSR count). The zero-order valence-electron chi connectivity index (χ0n) is 11.0. The molecule has 0 aliphatic carbocycles. The van der Waals surface area contributed by atoms with E-state index in [1.54, 1.807) is 6.07 Å². The molecule has 0 bridgehead atoms. The molecule has 0 amide bonds. The summed E-state index contributed by atoms with van der Waals surface area (Å²) in [5.41, 5.74) is 3.69. The lowest BCUT2D eigenvalue weighted by atomic mass is 10.0.